The molecular weight excluding hydrogens is 430 g/mol. The van der Waals surface area contributed by atoms with Gasteiger partial charge in [0.1, 0.15) is 0 Å². The molecule has 0 spiro atoms. The minimum Gasteiger partial charge on any atom is -0.373 e. The number of ether oxygens (including phenoxy) is 1. The number of aromatic nitrogens is 1. The summed E-state index contributed by atoms with van der Waals surface area (Å²) in [6, 6.07) is 17.0. The highest BCUT2D eigenvalue weighted by atomic mass is 32.2. The molecule has 2 aromatic carbocycles. The van der Waals surface area contributed by atoms with E-state index in [1.54, 1.807) is 29.5 Å². The topological polar surface area (TPSA) is 63.9 Å². The van der Waals surface area contributed by atoms with Gasteiger partial charge in [0.05, 0.1) is 28.5 Å². The van der Waals surface area contributed by atoms with Gasteiger partial charge in [0, 0.05) is 30.6 Å². The summed E-state index contributed by atoms with van der Waals surface area (Å²) in [5.74, 6) is 0. The monoisotopic (exact) mass is 457 g/mol. The smallest absolute Gasteiger partial charge is 0.243 e. The largest absolute Gasteiger partial charge is 0.373 e. The molecule has 1 aliphatic heterocycles. The number of para-hydroxylation sites is 1. The third kappa shape index (κ3) is 4.67. The van der Waals surface area contributed by atoms with Gasteiger partial charge in [-0.15, -0.1) is 11.3 Å². The Labute approximate surface area is 187 Å². The SMILES string of the molecule is CCn1c(-c2cccc(S(=O)(=O)N3CC(C)OC(C)C3)c2)csc1=Nc1ccccc1. The molecule has 31 heavy (non-hydrogen) atoms. The number of morpholine rings is 1. The second-order valence-electron chi connectivity index (χ2n) is 7.70. The van der Waals surface area contributed by atoms with Gasteiger partial charge in [0.15, 0.2) is 4.80 Å². The van der Waals surface area contributed by atoms with Crippen molar-refractivity contribution in [3.05, 3.63) is 64.8 Å². The zero-order valence-corrected chi connectivity index (χ0v) is 19.6. The average Bonchev–Trinajstić information content (AvgIpc) is 3.16. The van der Waals surface area contributed by atoms with Crippen molar-refractivity contribution in [3.63, 3.8) is 0 Å². The predicted octanol–water partition coefficient (Wildman–Crippen LogP) is 4.27. The molecule has 0 aliphatic carbocycles. The quantitative estimate of drug-likeness (QED) is 0.575. The van der Waals surface area contributed by atoms with E-state index in [9.17, 15) is 8.42 Å². The molecular formula is C23H27N3O3S2. The molecule has 1 saturated heterocycles. The van der Waals surface area contributed by atoms with E-state index in [1.165, 1.54) is 4.31 Å². The lowest BCUT2D eigenvalue weighted by Crippen LogP contribution is -2.48. The predicted molar refractivity (Wildman–Crippen MR) is 124 cm³/mol. The first-order valence-corrected chi connectivity index (χ1v) is 12.7. The molecule has 2 heterocycles. The highest BCUT2D eigenvalue weighted by molar-refractivity contribution is 7.89. The molecule has 1 fully saturated rings. The maximum Gasteiger partial charge on any atom is 0.243 e. The van der Waals surface area contributed by atoms with Crippen molar-refractivity contribution in [2.75, 3.05) is 13.1 Å². The van der Waals surface area contributed by atoms with Gasteiger partial charge in [0.25, 0.3) is 0 Å². The van der Waals surface area contributed by atoms with Crippen molar-refractivity contribution in [3.8, 4) is 11.3 Å². The van der Waals surface area contributed by atoms with Gasteiger partial charge < -0.3 is 9.30 Å². The van der Waals surface area contributed by atoms with Crippen molar-refractivity contribution in [1.29, 1.82) is 0 Å². The third-order valence-corrected chi connectivity index (χ3v) is 7.94. The van der Waals surface area contributed by atoms with E-state index in [0.29, 0.717) is 18.0 Å². The van der Waals surface area contributed by atoms with Crippen molar-refractivity contribution >= 4 is 27.0 Å². The van der Waals surface area contributed by atoms with Crippen molar-refractivity contribution in [2.24, 2.45) is 4.99 Å². The van der Waals surface area contributed by atoms with Crippen LogP contribution < -0.4 is 4.80 Å². The van der Waals surface area contributed by atoms with Gasteiger partial charge in [-0.3, -0.25) is 0 Å². The van der Waals surface area contributed by atoms with E-state index in [4.69, 9.17) is 9.73 Å². The van der Waals surface area contributed by atoms with Crippen LogP contribution in [0.3, 0.4) is 0 Å². The zero-order valence-electron chi connectivity index (χ0n) is 17.9. The minimum absolute atomic E-state index is 0.122. The van der Waals surface area contributed by atoms with Crippen LogP contribution >= 0.6 is 11.3 Å². The molecule has 0 N–H and O–H groups in total. The molecule has 0 radical (unpaired) electrons. The van der Waals surface area contributed by atoms with E-state index < -0.39 is 10.0 Å². The van der Waals surface area contributed by atoms with Gasteiger partial charge >= 0.3 is 0 Å². The Morgan fingerprint density at radius 3 is 2.45 bits per heavy atom. The molecule has 4 rings (SSSR count). The summed E-state index contributed by atoms with van der Waals surface area (Å²) in [6.07, 6.45) is -0.244. The van der Waals surface area contributed by atoms with Crippen LogP contribution in [0.25, 0.3) is 11.3 Å². The van der Waals surface area contributed by atoms with E-state index >= 15 is 0 Å². The maximum absolute atomic E-state index is 13.3. The van der Waals surface area contributed by atoms with Crippen LogP contribution in [0.1, 0.15) is 20.8 Å². The van der Waals surface area contributed by atoms with Crippen LogP contribution in [0.2, 0.25) is 0 Å². The third-order valence-electron chi connectivity index (χ3n) is 5.25. The lowest BCUT2D eigenvalue weighted by Gasteiger charge is -2.34. The number of benzene rings is 2. The van der Waals surface area contributed by atoms with Crippen LogP contribution in [0.4, 0.5) is 5.69 Å². The molecule has 1 aromatic heterocycles. The number of sulfonamides is 1. The minimum atomic E-state index is -3.60. The summed E-state index contributed by atoms with van der Waals surface area (Å²) in [5, 5.41) is 2.04. The maximum atomic E-state index is 13.3. The highest BCUT2D eigenvalue weighted by Crippen LogP contribution is 2.27. The second kappa shape index (κ2) is 9.08. The molecule has 2 unspecified atom stereocenters. The average molecular weight is 458 g/mol. The first-order chi connectivity index (χ1) is 14.9. The molecule has 0 saturated carbocycles. The molecule has 2 atom stereocenters. The molecule has 0 amide bonds. The fourth-order valence-electron chi connectivity index (χ4n) is 3.86. The van der Waals surface area contributed by atoms with Crippen LogP contribution in [0.5, 0.6) is 0 Å². The van der Waals surface area contributed by atoms with Crippen LogP contribution in [0.15, 0.2) is 69.9 Å². The standard InChI is InChI=1S/C23H27N3O3S2/c1-4-26-22(16-30-23(26)24-20-10-6-5-7-11-20)19-9-8-12-21(13-19)31(27,28)25-14-17(2)29-18(3)15-25/h5-13,16-18H,4,14-15H2,1-3H3. The van der Waals surface area contributed by atoms with Crippen LogP contribution in [-0.4, -0.2) is 42.6 Å². The lowest BCUT2D eigenvalue weighted by atomic mass is 10.2. The Morgan fingerprint density at radius 2 is 1.77 bits per heavy atom. The summed E-state index contributed by atoms with van der Waals surface area (Å²) >= 11 is 1.55. The van der Waals surface area contributed by atoms with Gasteiger partial charge in [-0.05, 0) is 45.0 Å². The number of rotatable bonds is 5. The Bertz CT molecular complexity index is 1210. The molecule has 6 nitrogen and oxygen atoms in total. The van der Waals surface area contributed by atoms with E-state index in [1.807, 2.05) is 55.6 Å². The Balaban J connectivity index is 1.72. The van der Waals surface area contributed by atoms with Gasteiger partial charge in [-0.25, -0.2) is 13.4 Å². The second-order valence-corrected chi connectivity index (χ2v) is 10.5. The normalized spacial score (nSPS) is 20.8. The Kier molecular flexibility index (Phi) is 6.43. The Hall–Kier alpha value is -2.26. The number of thiazole rings is 1. The van der Waals surface area contributed by atoms with E-state index in [-0.39, 0.29) is 12.2 Å². The summed E-state index contributed by atoms with van der Waals surface area (Å²) in [7, 11) is -3.60. The van der Waals surface area contributed by atoms with E-state index in [2.05, 4.69) is 11.5 Å². The highest BCUT2D eigenvalue weighted by Gasteiger charge is 2.32. The first kappa shape index (κ1) is 22.0. The van der Waals surface area contributed by atoms with Crippen molar-refractivity contribution in [2.45, 2.75) is 44.4 Å². The summed E-state index contributed by atoms with van der Waals surface area (Å²) in [6.45, 7) is 7.34. The molecule has 8 heteroatoms. The van der Waals surface area contributed by atoms with Crippen LogP contribution in [-0.2, 0) is 21.3 Å². The lowest BCUT2D eigenvalue weighted by molar-refractivity contribution is -0.0440. The number of hydrogen-bond donors (Lipinski definition) is 0. The van der Waals surface area contributed by atoms with Gasteiger partial charge in [-0.1, -0.05) is 30.3 Å². The molecule has 0 bridgehead atoms. The zero-order chi connectivity index (χ0) is 22.0. The van der Waals surface area contributed by atoms with Crippen molar-refractivity contribution < 1.29 is 13.2 Å². The molecule has 164 valence electrons. The summed E-state index contributed by atoms with van der Waals surface area (Å²) in [4.78, 5) is 5.95. The van der Waals surface area contributed by atoms with E-state index in [0.717, 1.165) is 28.3 Å². The Morgan fingerprint density at radius 1 is 1.06 bits per heavy atom. The van der Waals surface area contributed by atoms with Crippen molar-refractivity contribution in [1.82, 2.24) is 8.87 Å². The fourth-order valence-corrected chi connectivity index (χ4v) is 6.49. The number of nitrogens with zero attached hydrogens (tertiary/aromatic N) is 3. The fraction of sp³-hybridized carbons (Fsp3) is 0.348. The number of hydrogen-bond acceptors (Lipinski definition) is 5. The first-order valence-electron chi connectivity index (χ1n) is 10.4. The van der Waals surface area contributed by atoms with Gasteiger partial charge in [0.2, 0.25) is 10.0 Å². The summed E-state index contributed by atoms with van der Waals surface area (Å²) in [5.41, 5.74) is 2.72. The van der Waals surface area contributed by atoms with Gasteiger partial charge in [-0.2, -0.15) is 4.31 Å². The summed E-state index contributed by atoms with van der Waals surface area (Å²) < 4.78 is 36.0. The molecule has 1 aliphatic rings. The van der Waals surface area contributed by atoms with Crippen LogP contribution in [0, 0.1) is 0 Å². The molecule has 3 aromatic rings.